The second-order valence-electron chi connectivity index (χ2n) is 2.57. The monoisotopic (exact) mass is 170 g/mol. The van der Waals surface area contributed by atoms with Crippen LogP contribution in [0.15, 0.2) is 24.5 Å². The fourth-order valence-corrected chi connectivity index (χ4v) is 1.13. The molecule has 0 spiro atoms. The van der Waals surface area contributed by atoms with Crippen molar-refractivity contribution >= 4 is 22.4 Å². The van der Waals surface area contributed by atoms with E-state index < -0.39 is 0 Å². The van der Waals surface area contributed by atoms with E-state index in [-0.39, 0.29) is 0 Å². The minimum Gasteiger partial charge on any atom is -0.382 e. The summed E-state index contributed by atoms with van der Waals surface area (Å²) in [6.07, 6.45) is 3.10. The summed E-state index contributed by atoms with van der Waals surface area (Å²) in [7, 11) is 0. The molecule has 2 N–H and O–H groups in total. The lowest BCUT2D eigenvalue weighted by Crippen LogP contribution is -1.92. The van der Waals surface area contributed by atoms with Crippen molar-refractivity contribution in [1.29, 1.82) is 0 Å². The lowest BCUT2D eigenvalue weighted by atomic mass is 10.2. The second kappa shape index (κ2) is 2.72. The SMILES string of the molecule is [C-]#[N+]c1cnc2c(N)nccc2c1. The zero-order chi connectivity index (χ0) is 9.26. The van der Waals surface area contributed by atoms with E-state index >= 15 is 0 Å². The molecule has 0 amide bonds. The van der Waals surface area contributed by atoms with Gasteiger partial charge in [-0.2, -0.15) is 0 Å². The highest BCUT2D eigenvalue weighted by Gasteiger charge is 2.00. The minimum absolute atomic E-state index is 0.397. The first kappa shape index (κ1) is 7.50. The van der Waals surface area contributed by atoms with Crippen LogP contribution < -0.4 is 5.73 Å². The Bertz CT molecular complexity index is 498. The van der Waals surface area contributed by atoms with Crippen LogP contribution in [0.25, 0.3) is 15.7 Å². The van der Waals surface area contributed by atoms with Gasteiger partial charge in [-0.25, -0.2) is 9.83 Å². The summed E-state index contributed by atoms with van der Waals surface area (Å²) < 4.78 is 0. The summed E-state index contributed by atoms with van der Waals surface area (Å²) in [5, 5.41) is 0.848. The molecule has 0 aliphatic carbocycles. The number of fused-ring (bicyclic) bond motifs is 1. The summed E-state index contributed by atoms with van der Waals surface area (Å²) in [6, 6.07) is 3.53. The van der Waals surface area contributed by atoms with Gasteiger partial charge in [0, 0.05) is 12.4 Å². The number of aromatic nitrogens is 2. The van der Waals surface area contributed by atoms with Gasteiger partial charge in [0.05, 0.1) is 6.57 Å². The van der Waals surface area contributed by atoms with Gasteiger partial charge in [0.15, 0.2) is 0 Å². The largest absolute Gasteiger partial charge is 0.382 e. The fourth-order valence-electron chi connectivity index (χ4n) is 1.13. The number of anilines is 1. The van der Waals surface area contributed by atoms with Gasteiger partial charge in [0.1, 0.15) is 11.3 Å². The zero-order valence-corrected chi connectivity index (χ0v) is 6.73. The number of nitrogen functional groups attached to an aromatic ring is 1. The molecule has 2 aromatic heterocycles. The van der Waals surface area contributed by atoms with E-state index in [1.54, 1.807) is 18.3 Å². The maximum absolute atomic E-state index is 6.81. The van der Waals surface area contributed by atoms with Gasteiger partial charge in [0.2, 0.25) is 5.69 Å². The van der Waals surface area contributed by atoms with Crippen molar-refractivity contribution in [3.8, 4) is 0 Å². The summed E-state index contributed by atoms with van der Waals surface area (Å²) in [5.41, 5.74) is 6.76. The average Bonchev–Trinajstić information content (AvgIpc) is 2.18. The topological polar surface area (TPSA) is 56.2 Å². The maximum Gasteiger partial charge on any atom is 0.205 e. The standard InChI is InChI=1S/C9H6N4/c1-11-7-4-6-2-3-12-9(10)8(6)13-5-7/h2-5H,(H2,10,12). The van der Waals surface area contributed by atoms with E-state index in [9.17, 15) is 0 Å². The molecule has 13 heavy (non-hydrogen) atoms. The summed E-state index contributed by atoms with van der Waals surface area (Å²) in [4.78, 5) is 11.2. The number of nitrogens with two attached hydrogens (primary N) is 1. The molecule has 0 fully saturated rings. The fraction of sp³-hybridized carbons (Fsp3) is 0. The number of nitrogens with zero attached hydrogens (tertiary/aromatic N) is 3. The summed E-state index contributed by atoms with van der Waals surface area (Å²) in [5.74, 6) is 0.397. The number of hydrogen-bond acceptors (Lipinski definition) is 3. The molecule has 0 saturated carbocycles. The van der Waals surface area contributed by atoms with E-state index in [4.69, 9.17) is 12.3 Å². The van der Waals surface area contributed by atoms with Gasteiger partial charge < -0.3 is 5.73 Å². The summed E-state index contributed by atoms with van der Waals surface area (Å²) in [6.45, 7) is 6.81. The van der Waals surface area contributed by atoms with Gasteiger partial charge in [-0.3, -0.25) is 4.98 Å². The molecule has 0 unspecified atom stereocenters. The molecule has 2 rings (SSSR count). The van der Waals surface area contributed by atoms with Crippen molar-refractivity contribution in [1.82, 2.24) is 9.97 Å². The molecule has 0 atom stereocenters. The predicted molar refractivity (Wildman–Crippen MR) is 50.2 cm³/mol. The smallest absolute Gasteiger partial charge is 0.205 e. The first-order valence-electron chi connectivity index (χ1n) is 3.69. The number of pyridine rings is 2. The third-order valence-corrected chi connectivity index (χ3v) is 1.74. The molecule has 0 aliphatic heterocycles. The third-order valence-electron chi connectivity index (χ3n) is 1.74. The predicted octanol–water partition coefficient (Wildman–Crippen LogP) is 1.76. The lowest BCUT2D eigenvalue weighted by molar-refractivity contribution is 1.32. The molecule has 4 heteroatoms. The van der Waals surface area contributed by atoms with Crippen molar-refractivity contribution < 1.29 is 0 Å². The van der Waals surface area contributed by atoms with Gasteiger partial charge in [-0.15, -0.1) is 0 Å². The maximum atomic E-state index is 6.81. The molecule has 0 saturated heterocycles. The molecule has 2 aromatic rings. The normalized spacial score (nSPS) is 9.77. The van der Waals surface area contributed by atoms with Crippen LogP contribution in [-0.4, -0.2) is 9.97 Å². The number of hydrogen-bond donors (Lipinski definition) is 1. The van der Waals surface area contributed by atoms with E-state index in [0.717, 1.165) is 5.39 Å². The molecule has 0 aliphatic rings. The highest BCUT2D eigenvalue weighted by Crippen LogP contribution is 2.20. The van der Waals surface area contributed by atoms with Crippen LogP contribution in [0.2, 0.25) is 0 Å². The van der Waals surface area contributed by atoms with Gasteiger partial charge in [-0.05, 0) is 17.5 Å². The molecule has 0 aromatic carbocycles. The molecule has 0 radical (unpaired) electrons. The van der Waals surface area contributed by atoms with Crippen LogP contribution >= 0.6 is 0 Å². The van der Waals surface area contributed by atoms with Crippen molar-refractivity contribution in [2.75, 3.05) is 5.73 Å². The minimum atomic E-state index is 0.397. The molecule has 2 heterocycles. The Kier molecular flexibility index (Phi) is 1.57. The Morgan fingerprint density at radius 3 is 3.00 bits per heavy atom. The van der Waals surface area contributed by atoms with Gasteiger partial charge >= 0.3 is 0 Å². The Labute approximate surface area is 74.9 Å². The Morgan fingerprint density at radius 1 is 1.38 bits per heavy atom. The third kappa shape index (κ3) is 1.16. The van der Waals surface area contributed by atoms with Crippen LogP contribution in [0.5, 0.6) is 0 Å². The molecule has 4 nitrogen and oxygen atoms in total. The molecular formula is C9H6N4. The Morgan fingerprint density at radius 2 is 2.23 bits per heavy atom. The average molecular weight is 170 g/mol. The van der Waals surface area contributed by atoms with Crippen molar-refractivity contribution in [3.63, 3.8) is 0 Å². The van der Waals surface area contributed by atoms with Crippen LogP contribution in [0, 0.1) is 6.57 Å². The van der Waals surface area contributed by atoms with Crippen LogP contribution in [0.1, 0.15) is 0 Å². The first-order chi connectivity index (χ1) is 6.31. The Hall–Kier alpha value is -2.15. The zero-order valence-electron chi connectivity index (χ0n) is 6.73. The highest BCUT2D eigenvalue weighted by atomic mass is 14.9. The summed E-state index contributed by atoms with van der Waals surface area (Å²) >= 11 is 0. The highest BCUT2D eigenvalue weighted by molar-refractivity contribution is 5.88. The van der Waals surface area contributed by atoms with Crippen LogP contribution in [-0.2, 0) is 0 Å². The van der Waals surface area contributed by atoms with E-state index in [0.29, 0.717) is 17.0 Å². The Balaban J connectivity index is 2.82. The van der Waals surface area contributed by atoms with Crippen LogP contribution in [0.3, 0.4) is 0 Å². The quantitative estimate of drug-likeness (QED) is 0.613. The van der Waals surface area contributed by atoms with Crippen LogP contribution in [0.4, 0.5) is 11.5 Å². The van der Waals surface area contributed by atoms with E-state index in [2.05, 4.69) is 14.8 Å². The van der Waals surface area contributed by atoms with Crippen molar-refractivity contribution in [2.24, 2.45) is 0 Å². The molecular weight excluding hydrogens is 164 g/mol. The van der Waals surface area contributed by atoms with Crippen molar-refractivity contribution in [2.45, 2.75) is 0 Å². The van der Waals surface area contributed by atoms with Crippen molar-refractivity contribution in [3.05, 3.63) is 35.9 Å². The van der Waals surface area contributed by atoms with Gasteiger partial charge in [-0.1, -0.05) is 0 Å². The van der Waals surface area contributed by atoms with Gasteiger partial charge in [0.25, 0.3) is 0 Å². The number of rotatable bonds is 0. The van der Waals surface area contributed by atoms with E-state index in [1.165, 1.54) is 6.20 Å². The first-order valence-corrected chi connectivity index (χ1v) is 3.69. The lowest BCUT2D eigenvalue weighted by Gasteiger charge is -1.98. The second-order valence-corrected chi connectivity index (χ2v) is 2.57. The van der Waals surface area contributed by atoms with E-state index in [1.807, 2.05) is 0 Å². The molecule has 0 bridgehead atoms. The molecule has 62 valence electrons.